The smallest absolute Gasteiger partial charge is 0.303 e. The summed E-state index contributed by atoms with van der Waals surface area (Å²) in [4.78, 5) is 11.9. The zero-order valence-corrected chi connectivity index (χ0v) is 18.5. The van der Waals surface area contributed by atoms with Crippen LogP contribution in [0.1, 0.15) is 96.8 Å². The number of aliphatic hydroxyl groups excluding tert-OH is 1. The Kier molecular flexibility index (Phi) is 15.1. The lowest BCUT2D eigenvalue weighted by atomic mass is 10.0. The second kappa shape index (κ2) is 16.9. The van der Waals surface area contributed by atoms with Gasteiger partial charge in [0.1, 0.15) is 0 Å². The van der Waals surface area contributed by atoms with Crippen molar-refractivity contribution in [1.82, 2.24) is 0 Å². The Hall–Kier alpha value is -1.00. The summed E-state index contributed by atoms with van der Waals surface area (Å²) in [6.07, 6.45) is 14.9. The molecular formula is C24H40O3S. The quantitative estimate of drug-likeness (QED) is 0.201. The van der Waals surface area contributed by atoms with Crippen LogP contribution in [0.2, 0.25) is 0 Å². The first-order chi connectivity index (χ1) is 13.6. The summed E-state index contributed by atoms with van der Waals surface area (Å²) >= 11 is 1.74. The van der Waals surface area contributed by atoms with Crippen molar-refractivity contribution in [2.75, 3.05) is 0 Å². The summed E-state index contributed by atoms with van der Waals surface area (Å²) in [7, 11) is 0. The van der Waals surface area contributed by atoms with E-state index in [-0.39, 0.29) is 11.7 Å². The Labute approximate surface area is 176 Å². The van der Waals surface area contributed by atoms with E-state index in [1.54, 1.807) is 11.8 Å². The van der Waals surface area contributed by atoms with E-state index in [0.717, 1.165) is 12.8 Å². The fraction of sp³-hybridized carbons (Fsp3) is 0.708. The van der Waals surface area contributed by atoms with Gasteiger partial charge in [-0.05, 0) is 31.4 Å². The molecule has 2 atom stereocenters. The lowest BCUT2D eigenvalue weighted by Crippen LogP contribution is -2.23. The number of unbranched alkanes of at least 4 members (excludes halogenated alkanes) is 9. The third-order valence-electron chi connectivity index (χ3n) is 5.19. The molecule has 4 heteroatoms. The Morgan fingerprint density at radius 3 is 2.00 bits per heavy atom. The normalized spacial score (nSPS) is 13.4. The summed E-state index contributed by atoms with van der Waals surface area (Å²) < 4.78 is 0. The van der Waals surface area contributed by atoms with Crippen LogP contribution in [0.15, 0.2) is 35.2 Å². The molecule has 0 heterocycles. The topological polar surface area (TPSA) is 57.5 Å². The lowest BCUT2D eigenvalue weighted by Gasteiger charge is -2.22. The highest BCUT2D eigenvalue weighted by molar-refractivity contribution is 8.00. The SMILES string of the molecule is CCCCCCCCCCCCC(Sc1ccccc1)C(O)CCCC(=O)O. The molecule has 160 valence electrons. The number of thioether (sulfide) groups is 1. The molecule has 0 bridgehead atoms. The van der Waals surface area contributed by atoms with Crippen molar-refractivity contribution in [3.05, 3.63) is 30.3 Å². The molecule has 3 nitrogen and oxygen atoms in total. The predicted molar refractivity (Wildman–Crippen MR) is 120 cm³/mol. The molecule has 1 rings (SSSR count). The number of carbonyl (C=O) groups is 1. The minimum absolute atomic E-state index is 0.137. The van der Waals surface area contributed by atoms with Crippen molar-refractivity contribution in [2.24, 2.45) is 0 Å². The molecule has 1 aromatic carbocycles. The number of hydrogen-bond donors (Lipinski definition) is 2. The zero-order chi connectivity index (χ0) is 20.5. The highest BCUT2D eigenvalue weighted by Gasteiger charge is 2.20. The molecule has 2 N–H and O–H groups in total. The lowest BCUT2D eigenvalue weighted by molar-refractivity contribution is -0.137. The second-order valence-corrected chi connectivity index (χ2v) is 9.11. The number of aliphatic carboxylic acids is 1. The average molecular weight is 409 g/mol. The molecular weight excluding hydrogens is 368 g/mol. The van der Waals surface area contributed by atoms with Gasteiger partial charge in [0.15, 0.2) is 0 Å². The van der Waals surface area contributed by atoms with Gasteiger partial charge in [-0.1, -0.05) is 89.3 Å². The first-order valence-corrected chi connectivity index (χ1v) is 12.1. The summed E-state index contributed by atoms with van der Waals surface area (Å²) in [5, 5.41) is 19.6. The highest BCUT2D eigenvalue weighted by Crippen LogP contribution is 2.31. The summed E-state index contributed by atoms with van der Waals surface area (Å²) in [5.74, 6) is -0.783. The molecule has 0 aliphatic rings. The van der Waals surface area contributed by atoms with Gasteiger partial charge in [0.2, 0.25) is 0 Å². The van der Waals surface area contributed by atoms with E-state index in [9.17, 15) is 9.90 Å². The van der Waals surface area contributed by atoms with Gasteiger partial charge in [-0.15, -0.1) is 11.8 Å². The van der Waals surface area contributed by atoms with Crippen LogP contribution in [-0.2, 0) is 4.79 Å². The van der Waals surface area contributed by atoms with Crippen molar-refractivity contribution in [3.63, 3.8) is 0 Å². The minimum Gasteiger partial charge on any atom is -0.481 e. The van der Waals surface area contributed by atoms with Gasteiger partial charge < -0.3 is 10.2 Å². The van der Waals surface area contributed by atoms with Crippen LogP contribution in [0.4, 0.5) is 0 Å². The standard InChI is InChI=1S/C24H40O3S/c1-2-3-4-5-6-7-8-9-10-14-19-23(22(25)18-15-20-24(26)27)28-21-16-12-11-13-17-21/h11-13,16-17,22-23,25H,2-10,14-15,18-20H2,1H3,(H,26,27). The van der Waals surface area contributed by atoms with Crippen LogP contribution in [0.3, 0.4) is 0 Å². The maximum absolute atomic E-state index is 10.7. The van der Waals surface area contributed by atoms with Crippen molar-refractivity contribution in [3.8, 4) is 0 Å². The van der Waals surface area contributed by atoms with Crippen LogP contribution in [0.5, 0.6) is 0 Å². The van der Waals surface area contributed by atoms with Gasteiger partial charge >= 0.3 is 5.97 Å². The van der Waals surface area contributed by atoms with E-state index in [0.29, 0.717) is 12.8 Å². The molecule has 0 saturated heterocycles. The van der Waals surface area contributed by atoms with Gasteiger partial charge in [0.05, 0.1) is 6.10 Å². The average Bonchev–Trinajstić information content (AvgIpc) is 2.69. The van der Waals surface area contributed by atoms with Crippen LogP contribution in [0, 0.1) is 0 Å². The monoisotopic (exact) mass is 408 g/mol. The van der Waals surface area contributed by atoms with Gasteiger partial charge in [-0.3, -0.25) is 4.79 Å². The van der Waals surface area contributed by atoms with Crippen LogP contribution >= 0.6 is 11.8 Å². The van der Waals surface area contributed by atoms with E-state index in [1.807, 2.05) is 18.2 Å². The van der Waals surface area contributed by atoms with Crippen molar-refractivity contribution in [2.45, 2.75) is 113 Å². The van der Waals surface area contributed by atoms with E-state index in [2.05, 4.69) is 19.1 Å². The molecule has 0 saturated carbocycles. The third-order valence-corrected chi connectivity index (χ3v) is 6.59. The maximum Gasteiger partial charge on any atom is 0.303 e. The largest absolute Gasteiger partial charge is 0.481 e. The molecule has 0 spiro atoms. The number of carboxylic acids is 1. The van der Waals surface area contributed by atoms with Gasteiger partial charge in [-0.2, -0.15) is 0 Å². The first-order valence-electron chi connectivity index (χ1n) is 11.2. The molecule has 0 aromatic heterocycles. The predicted octanol–water partition coefficient (Wildman–Crippen LogP) is 7.07. The van der Waals surface area contributed by atoms with Crippen LogP contribution in [-0.4, -0.2) is 27.5 Å². The van der Waals surface area contributed by atoms with Crippen molar-refractivity contribution >= 4 is 17.7 Å². The summed E-state index contributed by atoms with van der Waals surface area (Å²) in [5.41, 5.74) is 0. The zero-order valence-electron chi connectivity index (χ0n) is 17.7. The number of carboxylic acid groups (broad SMARTS) is 1. The van der Waals surface area contributed by atoms with E-state index >= 15 is 0 Å². The van der Waals surface area contributed by atoms with Gasteiger partial charge in [0.25, 0.3) is 0 Å². The Morgan fingerprint density at radius 2 is 1.43 bits per heavy atom. The molecule has 0 amide bonds. The first kappa shape index (κ1) is 25.0. The molecule has 0 fully saturated rings. The van der Waals surface area contributed by atoms with Crippen LogP contribution in [0.25, 0.3) is 0 Å². The third kappa shape index (κ3) is 13.2. The number of rotatable bonds is 18. The van der Waals surface area contributed by atoms with Gasteiger partial charge in [-0.25, -0.2) is 0 Å². The van der Waals surface area contributed by atoms with Crippen molar-refractivity contribution < 1.29 is 15.0 Å². The molecule has 0 aliphatic heterocycles. The molecule has 0 radical (unpaired) electrons. The van der Waals surface area contributed by atoms with E-state index in [1.165, 1.54) is 62.7 Å². The Bertz CT molecular complexity index is 492. The minimum atomic E-state index is -0.783. The molecule has 1 aromatic rings. The fourth-order valence-electron chi connectivity index (χ4n) is 3.48. The number of aliphatic hydroxyl groups is 1. The fourth-order valence-corrected chi connectivity index (χ4v) is 4.73. The molecule has 28 heavy (non-hydrogen) atoms. The number of benzene rings is 1. The maximum atomic E-state index is 10.7. The Balaban J connectivity index is 2.27. The van der Waals surface area contributed by atoms with E-state index < -0.39 is 12.1 Å². The van der Waals surface area contributed by atoms with Crippen molar-refractivity contribution in [1.29, 1.82) is 0 Å². The molecule has 0 aliphatic carbocycles. The Morgan fingerprint density at radius 1 is 0.857 bits per heavy atom. The summed E-state index contributed by atoms with van der Waals surface area (Å²) in [6.45, 7) is 2.26. The summed E-state index contributed by atoms with van der Waals surface area (Å²) in [6, 6.07) is 10.2. The molecule has 2 unspecified atom stereocenters. The van der Waals surface area contributed by atoms with E-state index in [4.69, 9.17) is 5.11 Å². The second-order valence-electron chi connectivity index (χ2n) is 7.79. The van der Waals surface area contributed by atoms with Gasteiger partial charge in [0, 0.05) is 16.6 Å². The number of hydrogen-bond acceptors (Lipinski definition) is 3. The highest BCUT2D eigenvalue weighted by atomic mass is 32.2. The van der Waals surface area contributed by atoms with Crippen LogP contribution < -0.4 is 0 Å².